The normalized spacial score (nSPS) is 10.8. The number of nitrogens with zero attached hydrogens (tertiary/aromatic N) is 3. The van der Waals surface area contributed by atoms with Crippen molar-refractivity contribution in [3.63, 3.8) is 0 Å². The molecule has 0 unspecified atom stereocenters. The van der Waals surface area contributed by atoms with Crippen LogP contribution < -0.4 is 15.9 Å². The molecule has 0 saturated heterocycles. The molecule has 3 aromatic rings. The molecular weight excluding hydrogens is 338 g/mol. The number of hydrogen-bond acceptors (Lipinski definition) is 5. The maximum absolute atomic E-state index is 12.6. The molecule has 0 amide bonds. The van der Waals surface area contributed by atoms with Gasteiger partial charge < -0.3 is 24.1 Å². The molecule has 0 aliphatic rings. The smallest absolute Gasteiger partial charge is 0.341 e. The van der Waals surface area contributed by atoms with Gasteiger partial charge in [0.05, 0.1) is 6.54 Å². The Morgan fingerprint density at radius 3 is 2.35 bits per heavy atom. The zero-order chi connectivity index (χ0) is 19.0. The number of hydrogen-bond donors (Lipinski definition) is 2. The SMILES string of the molecule is CN(C)c1ccc(Cn2ccn3cc(C(=O)O)c(=O)c(O)c3c2=O)cc1. The van der Waals surface area contributed by atoms with E-state index in [-0.39, 0.29) is 12.1 Å². The van der Waals surface area contributed by atoms with Crippen molar-refractivity contribution < 1.29 is 15.0 Å². The molecule has 2 N–H and O–H groups in total. The van der Waals surface area contributed by atoms with Crippen LogP contribution in [0.1, 0.15) is 15.9 Å². The first-order valence-corrected chi connectivity index (χ1v) is 7.76. The van der Waals surface area contributed by atoms with Gasteiger partial charge in [0, 0.05) is 38.4 Å². The van der Waals surface area contributed by atoms with Crippen molar-refractivity contribution in [2.24, 2.45) is 0 Å². The first-order valence-electron chi connectivity index (χ1n) is 7.76. The first-order chi connectivity index (χ1) is 12.3. The van der Waals surface area contributed by atoms with Crippen LogP contribution >= 0.6 is 0 Å². The molecule has 0 bridgehead atoms. The Morgan fingerprint density at radius 1 is 1.12 bits per heavy atom. The molecule has 3 rings (SSSR count). The molecule has 26 heavy (non-hydrogen) atoms. The highest BCUT2D eigenvalue weighted by Gasteiger charge is 2.18. The van der Waals surface area contributed by atoms with E-state index in [1.165, 1.54) is 17.0 Å². The summed E-state index contributed by atoms with van der Waals surface area (Å²) in [5, 5.41) is 19.1. The third kappa shape index (κ3) is 2.92. The second-order valence-electron chi connectivity index (χ2n) is 6.07. The summed E-state index contributed by atoms with van der Waals surface area (Å²) in [6.45, 7) is 0.247. The summed E-state index contributed by atoms with van der Waals surface area (Å²) in [7, 11) is 3.85. The third-order valence-corrected chi connectivity index (χ3v) is 4.12. The Kier molecular flexibility index (Phi) is 4.25. The number of fused-ring (bicyclic) bond motifs is 1. The van der Waals surface area contributed by atoms with Gasteiger partial charge in [0.2, 0.25) is 5.43 Å². The molecule has 1 aromatic carbocycles. The maximum atomic E-state index is 12.6. The molecule has 0 aliphatic carbocycles. The molecule has 2 heterocycles. The Balaban J connectivity index is 2.08. The minimum Gasteiger partial charge on any atom is -0.503 e. The van der Waals surface area contributed by atoms with Crippen LogP contribution in [0, 0.1) is 0 Å². The lowest BCUT2D eigenvalue weighted by Crippen LogP contribution is -2.26. The van der Waals surface area contributed by atoms with Gasteiger partial charge in [-0.15, -0.1) is 0 Å². The fourth-order valence-corrected chi connectivity index (χ4v) is 2.68. The average molecular weight is 355 g/mol. The summed E-state index contributed by atoms with van der Waals surface area (Å²) in [5.74, 6) is -2.34. The third-order valence-electron chi connectivity index (χ3n) is 4.12. The number of pyridine rings is 1. The van der Waals surface area contributed by atoms with Gasteiger partial charge in [-0.1, -0.05) is 12.1 Å². The number of aromatic nitrogens is 2. The molecule has 0 atom stereocenters. The molecule has 0 spiro atoms. The Bertz CT molecular complexity index is 1110. The first kappa shape index (κ1) is 17.3. The number of benzene rings is 1. The van der Waals surface area contributed by atoms with Crippen molar-refractivity contribution in [3.05, 3.63) is 74.6 Å². The number of rotatable bonds is 4. The van der Waals surface area contributed by atoms with E-state index in [4.69, 9.17) is 5.11 Å². The Labute approximate surface area is 147 Å². The van der Waals surface area contributed by atoms with Crippen LogP contribution in [0.2, 0.25) is 0 Å². The van der Waals surface area contributed by atoms with Crippen molar-refractivity contribution in [1.29, 1.82) is 0 Å². The lowest BCUT2D eigenvalue weighted by Gasteiger charge is -2.13. The van der Waals surface area contributed by atoms with Gasteiger partial charge in [0.15, 0.2) is 11.3 Å². The molecule has 0 saturated carbocycles. The van der Waals surface area contributed by atoms with E-state index in [2.05, 4.69) is 0 Å². The number of aromatic hydroxyl groups is 1. The number of carbonyl (C=O) groups is 1. The van der Waals surface area contributed by atoms with E-state index >= 15 is 0 Å². The lowest BCUT2D eigenvalue weighted by molar-refractivity contribution is 0.0694. The Hall–Kier alpha value is -3.55. The molecule has 134 valence electrons. The van der Waals surface area contributed by atoms with Crippen molar-refractivity contribution in [1.82, 2.24) is 8.97 Å². The van der Waals surface area contributed by atoms with Gasteiger partial charge >= 0.3 is 5.97 Å². The van der Waals surface area contributed by atoms with Gasteiger partial charge in [-0.2, -0.15) is 0 Å². The fraction of sp³-hybridized carbons (Fsp3) is 0.167. The minimum atomic E-state index is -1.47. The van der Waals surface area contributed by atoms with Crippen molar-refractivity contribution >= 4 is 17.2 Å². The number of aromatic carboxylic acids is 1. The molecule has 0 aliphatic heterocycles. The highest BCUT2D eigenvalue weighted by atomic mass is 16.4. The molecule has 0 radical (unpaired) electrons. The summed E-state index contributed by atoms with van der Waals surface area (Å²) >= 11 is 0. The van der Waals surface area contributed by atoms with Crippen molar-refractivity contribution in [2.45, 2.75) is 6.54 Å². The number of carboxylic acids is 1. The average Bonchev–Trinajstić information content (AvgIpc) is 2.60. The van der Waals surface area contributed by atoms with E-state index in [0.717, 1.165) is 21.8 Å². The topological polar surface area (TPSA) is 104 Å². The molecule has 2 aromatic heterocycles. The van der Waals surface area contributed by atoms with E-state index in [1.807, 2.05) is 43.3 Å². The zero-order valence-corrected chi connectivity index (χ0v) is 14.2. The maximum Gasteiger partial charge on any atom is 0.341 e. The largest absolute Gasteiger partial charge is 0.503 e. The van der Waals surface area contributed by atoms with E-state index in [1.54, 1.807) is 0 Å². The summed E-state index contributed by atoms with van der Waals surface area (Å²) in [6.07, 6.45) is 3.93. The highest BCUT2D eigenvalue weighted by Crippen LogP contribution is 2.14. The quantitative estimate of drug-likeness (QED) is 0.723. The van der Waals surface area contributed by atoms with Crippen molar-refractivity contribution in [3.8, 4) is 5.75 Å². The van der Waals surface area contributed by atoms with Gasteiger partial charge in [-0.05, 0) is 17.7 Å². The zero-order valence-electron chi connectivity index (χ0n) is 14.2. The number of carboxylic acid groups (broad SMARTS) is 1. The van der Waals surface area contributed by atoms with Crippen LogP contribution in [0.3, 0.4) is 0 Å². The van der Waals surface area contributed by atoms with Gasteiger partial charge in [-0.3, -0.25) is 9.59 Å². The summed E-state index contributed by atoms with van der Waals surface area (Å²) in [5.41, 5.74) is -0.640. The highest BCUT2D eigenvalue weighted by molar-refractivity contribution is 5.88. The molecule has 8 nitrogen and oxygen atoms in total. The molecule has 8 heteroatoms. The Morgan fingerprint density at radius 2 is 1.77 bits per heavy atom. The summed E-state index contributed by atoms with van der Waals surface area (Å²) in [4.78, 5) is 37.6. The van der Waals surface area contributed by atoms with Crippen LogP contribution in [0.4, 0.5) is 5.69 Å². The van der Waals surface area contributed by atoms with Crippen LogP contribution in [0.15, 0.2) is 52.4 Å². The summed E-state index contributed by atoms with van der Waals surface area (Å²) < 4.78 is 2.49. The second-order valence-corrected chi connectivity index (χ2v) is 6.07. The summed E-state index contributed by atoms with van der Waals surface area (Å²) in [6, 6.07) is 7.60. The van der Waals surface area contributed by atoms with E-state index < -0.39 is 28.3 Å². The van der Waals surface area contributed by atoms with E-state index in [9.17, 15) is 19.5 Å². The molecular formula is C18H17N3O5. The van der Waals surface area contributed by atoms with Gasteiger partial charge in [-0.25, -0.2) is 4.79 Å². The van der Waals surface area contributed by atoms with Gasteiger partial charge in [0.1, 0.15) is 5.56 Å². The van der Waals surface area contributed by atoms with Crippen LogP contribution in [0.5, 0.6) is 5.75 Å². The van der Waals surface area contributed by atoms with Gasteiger partial charge in [0.25, 0.3) is 5.56 Å². The monoisotopic (exact) mass is 355 g/mol. The minimum absolute atomic E-state index is 0.247. The number of anilines is 1. The van der Waals surface area contributed by atoms with Crippen molar-refractivity contribution in [2.75, 3.05) is 19.0 Å². The predicted molar refractivity (Wildman–Crippen MR) is 96.4 cm³/mol. The van der Waals surface area contributed by atoms with E-state index in [0.29, 0.717) is 0 Å². The lowest BCUT2D eigenvalue weighted by atomic mass is 10.2. The van der Waals surface area contributed by atoms with Crippen LogP contribution in [-0.2, 0) is 6.54 Å². The molecule has 0 fully saturated rings. The predicted octanol–water partition coefficient (Wildman–Crippen LogP) is 0.979. The van der Waals surface area contributed by atoms with Crippen LogP contribution in [0.25, 0.3) is 5.52 Å². The second kappa shape index (κ2) is 6.40. The standard InChI is InChI=1S/C18H17N3O5/c1-19(2)12-5-3-11(4-6-12)9-21-8-7-20-10-13(18(25)26)15(22)16(23)14(20)17(21)24/h3-8,10,23H,9H2,1-2H3,(H,25,26). The fourth-order valence-electron chi connectivity index (χ4n) is 2.68. The van der Waals surface area contributed by atoms with Crippen LogP contribution in [-0.4, -0.2) is 39.2 Å².